The summed E-state index contributed by atoms with van der Waals surface area (Å²) in [7, 11) is 0. The summed E-state index contributed by atoms with van der Waals surface area (Å²) in [5, 5.41) is 0. The van der Waals surface area contributed by atoms with Gasteiger partial charge in [0.1, 0.15) is 5.82 Å². The molecule has 0 heterocycles. The quantitative estimate of drug-likeness (QED) is 0.686. The molecule has 0 aromatic heterocycles. The first kappa shape index (κ1) is 12.5. The second-order valence-electron chi connectivity index (χ2n) is 3.31. The first-order valence-electron chi connectivity index (χ1n) is 5.37. The molecule has 0 unspecified atom stereocenters. The Bertz CT molecular complexity index is 287. The third-order valence-corrected chi connectivity index (χ3v) is 3.42. The molecule has 0 saturated carbocycles. The fraction of sp³-hybridized carbons (Fsp3) is 0.500. The Labute approximate surface area is 95.7 Å². The SMILES string of the molecule is CCN(CC)CCSc1ccccc1F. The van der Waals surface area contributed by atoms with Gasteiger partial charge in [-0.15, -0.1) is 11.8 Å². The minimum Gasteiger partial charge on any atom is -0.303 e. The van der Waals surface area contributed by atoms with Gasteiger partial charge in [-0.05, 0) is 25.2 Å². The Balaban J connectivity index is 2.34. The summed E-state index contributed by atoms with van der Waals surface area (Å²) >= 11 is 1.59. The Morgan fingerprint density at radius 3 is 2.47 bits per heavy atom. The molecular formula is C12H18FNS. The van der Waals surface area contributed by atoms with Crippen molar-refractivity contribution in [1.82, 2.24) is 4.90 Å². The minimum absolute atomic E-state index is 0.109. The third-order valence-electron chi connectivity index (χ3n) is 2.40. The molecule has 0 saturated heterocycles. The van der Waals surface area contributed by atoms with E-state index in [-0.39, 0.29) is 5.82 Å². The van der Waals surface area contributed by atoms with Gasteiger partial charge in [-0.3, -0.25) is 0 Å². The van der Waals surface area contributed by atoms with Gasteiger partial charge in [-0.25, -0.2) is 4.39 Å². The van der Waals surface area contributed by atoms with Crippen molar-refractivity contribution in [2.45, 2.75) is 18.7 Å². The predicted octanol–water partition coefficient (Wildman–Crippen LogP) is 3.26. The standard InChI is InChI=1S/C12H18FNS/c1-3-14(4-2)9-10-15-12-8-6-5-7-11(12)13/h5-8H,3-4,9-10H2,1-2H3. The number of benzene rings is 1. The van der Waals surface area contributed by atoms with E-state index in [2.05, 4.69) is 18.7 Å². The Morgan fingerprint density at radius 1 is 1.20 bits per heavy atom. The van der Waals surface area contributed by atoms with Gasteiger partial charge in [0.25, 0.3) is 0 Å². The second kappa shape index (κ2) is 6.85. The van der Waals surface area contributed by atoms with E-state index < -0.39 is 0 Å². The Morgan fingerprint density at radius 2 is 1.87 bits per heavy atom. The van der Waals surface area contributed by atoms with Crippen LogP contribution in [0, 0.1) is 5.82 Å². The van der Waals surface area contributed by atoms with Crippen molar-refractivity contribution in [3.05, 3.63) is 30.1 Å². The molecule has 84 valence electrons. The summed E-state index contributed by atoms with van der Waals surface area (Å²) in [6, 6.07) is 6.95. The van der Waals surface area contributed by atoms with Gasteiger partial charge in [0.2, 0.25) is 0 Å². The van der Waals surface area contributed by atoms with E-state index >= 15 is 0 Å². The molecule has 0 N–H and O–H groups in total. The predicted molar refractivity (Wildman–Crippen MR) is 64.9 cm³/mol. The van der Waals surface area contributed by atoms with E-state index in [1.54, 1.807) is 17.8 Å². The van der Waals surface area contributed by atoms with E-state index in [1.165, 1.54) is 6.07 Å². The zero-order chi connectivity index (χ0) is 11.1. The topological polar surface area (TPSA) is 3.24 Å². The van der Waals surface area contributed by atoms with E-state index in [1.807, 2.05) is 12.1 Å². The van der Waals surface area contributed by atoms with Crippen molar-refractivity contribution >= 4 is 11.8 Å². The van der Waals surface area contributed by atoms with Crippen molar-refractivity contribution in [2.75, 3.05) is 25.4 Å². The molecule has 0 aliphatic rings. The van der Waals surface area contributed by atoms with E-state index in [0.717, 1.165) is 30.3 Å². The van der Waals surface area contributed by atoms with Crippen LogP contribution in [0.4, 0.5) is 4.39 Å². The highest BCUT2D eigenvalue weighted by Crippen LogP contribution is 2.20. The molecule has 0 bridgehead atoms. The summed E-state index contributed by atoms with van der Waals surface area (Å²) in [4.78, 5) is 3.10. The summed E-state index contributed by atoms with van der Waals surface area (Å²) in [5.74, 6) is 0.838. The highest BCUT2D eigenvalue weighted by molar-refractivity contribution is 7.99. The monoisotopic (exact) mass is 227 g/mol. The Kier molecular flexibility index (Phi) is 5.73. The first-order valence-corrected chi connectivity index (χ1v) is 6.36. The number of nitrogens with zero attached hydrogens (tertiary/aromatic N) is 1. The normalized spacial score (nSPS) is 10.9. The van der Waals surface area contributed by atoms with Crippen molar-refractivity contribution < 1.29 is 4.39 Å². The molecule has 0 aliphatic heterocycles. The Hall–Kier alpha value is -0.540. The largest absolute Gasteiger partial charge is 0.303 e. The molecule has 1 nitrogen and oxygen atoms in total. The van der Waals surface area contributed by atoms with Gasteiger partial charge in [0.15, 0.2) is 0 Å². The molecule has 3 heteroatoms. The summed E-state index contributed by atoms with van der Waals surface area (Å²) in [6.45, 7) is 7.45. The van der Waals surface area contributed by atoms with Crippen molar-refractivity contribution in [3.8, 4) is 0 Å². The maximum absolute atomic E-state index is 13.2. The zero-order valence-electron chi connectivity index (χ0n) is 9.37. The molecule has 1 aromatic rings. The summed E-state index contributed by atoms with van der Waals surface area (Å²) in [6.07, 6.45) is 0. The molecule has 0 radical (unpaired) electrons. The summed E-state index contributed by atoms with van der Waals surface area (Å²) in [5.41, 5.74) is 0. The number of rotatable bonds is 6. The van der Waals surface area contributed by atoms with Gasteiger partial charge in [-0.2, -0.15) is 0 Å². The lowest BCUT2D eigenvalue weighted by molar-refractivity contribution is 0.324. The highest BCUT2D eigenvalue weighted by Gasteiger charge is 2.02. The van der Waals surface area contributed by atoms with Crippen LogP contribution >= 0.6 is 11.8 Å². The van der Waals surface area contributed by atoms with Crippen LogP contribution < -0.4 is 0 Å². The lowest BCUT2D eigenvalue weighted by Gasteiger charge is -2.17. The minimum atomic E-state index is -0.109. The molecule has 0 amide bonds. The molecule has 0 fully saturated rings. The fourth-order valence-corrected chi connectivity index (χ4v) is 2.34. The average Bonchev–Trinajstić information content (AvgIpc) is 2.27. The molecule has 1 aromatic carbocycles. The number of thioether (sulfide) groups is 1. The van der Waals surface area contributed by atoms with Crippen molar-refractivity contribution in [1.29, 1.82) is 0 Å². The molecule has 15 heavy (non-hydrogen) atoms. The molecule has 0 atom stereocenters. The van der Waals surface area contributed by atoms with Crippen LogP contribution in [0.2, 0.25) is 0 Å². The number of hydrogen-bond acceptors (Lipinski definition) is 2. The van der Waals surface area contributed by atoms with E-state index in [0.29, 0.717) is 0 Å². The van der Waals surface area contributed by atoms with Gasteiger partial charge in [0.05, 0.1) is 0 Å². The molecule has 0 aliphatic carbocycles. The molecular weight excluding hydrogens is 209 g/mol. The smallest absolute Gasteiger partial charge is 0.136 e. The molecule has 0 spiro atoms. The zero-order valence-corrected chi connectivity index (χ0v) is 10.2. The number of halogens is 1. The lowest BCUT2D eigenvalue weighted by atomic mass is 10.3. The van der Waals surface area contributed by atoms with Gasteiger partial charge >= 0.3 is 0 Å². The number of hydrogen-bond donors (Lipinski definition) is 0. The van der Waals surface area contributed by atoms with Crippen LogP contribution in [0.15, 0.2) is 29.2 Å². The first-order chi connectivity index (χ1) is 7.27. The van der Waals surface area contributed by atoms with Gasteiger partial charge in [0, 0.05) is 17.2 Å². The van der Waals surface area contributed by atoms with Gasteiger partial charge in [-0.1, -0.05) is 26.0 Å². The maximum Gasteiger partial charge on any atom is 0.136 e. The van der Waals surface area contributed by atoms with Crippen LogP contribution in [0.3, 0.4) is 0 Å². The highest BCUT2D eigenvalue weighted by atomic mass is 32.2. The van der Waals surface area contributed by atoms with Crippen LogP contribution in [-0.4, -0.2) is 30.3 Å². The lowest BCUT2D eigenvalue weighted by Crippen LogP contribution is -2.25. The third kappa shape index (κ3) is 4.22. The van der Waals surface area contributed by atoms with Crippen LogP contribution in [-0.2, 0) is 0 Å². The van der Waals surface area contributed by atoms with Crippen LogP contribution in [0.25, 0.3) is 0 Å². The van der Waals surface area contributed by atoms with Gasteiger partial charge < -0.3 is 4.90 Å². The van der Waals surface area contributed by atoms with Crippen molar-refractivity contribution in [3.63, 3.8) is 0 Å². The second-order valence-corrected chi connectivity index (χ2v) is 4.44. The van der Waals surface area contributed by atoms with Crippen LogP contribution in [0.1, 0.15) is 13.8 Å². The maximum atomic E-state index is 13.2. The van der Waals surface area contributed by atoms with E-state index in [9.17, 15) is 4.39 Å². The van der Waals surface area contributed by atoms with Crippen molar-refractivity contribution in [2.24, 2.45) is 0 Å². The summed E-state index contributed by atoms with van der Waals surface area (Å²) < 4.78 is 13.2. The average molecular weight is 227 g/mol. The van der Waals surface area contributed by atoms with Crippen LogP contribution in [0.5, 0.6) is 0 Å². The molecule has 1 rings (SSSR count). The van der Waals surface area contributed by atoms with E-state index in [4.69, 9.17) is 0 Å². The fourth-order valence-electron chi connectivity index (χ4n) is 1.39.